The van der Waals surface area contributed by atoms with Gasteiger partial charge in [0.1, 0.15) is 5.75 Å². The van der Waals surface area contributed by atoms with Crippen LogP contribution in [0.2, 0.25) is 5.02 Å². The topological polar surface area (TPSA) is 44.5 Å². The number of benzene rings is 1. The quantitative estimate of drug-likeness (QED) is 0.739. The van der Waals surface area contributed by atoms with E-state index in [0.717, 1.165) is 48.6 Å². The van der Waals surface area contributed by atoms with Crippen LogP contribution in [0.15, 0.2) is 18.2 Å². The van der Waals surface area contributed by atoms with Gasteiger partial charge in [-0.05, 0) is 50.7 Å². The maximum Gasteiger partial charge on any atom is 0.124 e. The third-order valence-corrected chi connectivity index (χ3v) is 4.37. The maximum absolute atomic E-state index is 6.29. The van der Waals surface area contributed by atoms with E-state index in [0.29, 0.717) is 12.7 Å². The van der Waals surface area contributed by atoms with Gasteiger partial charge in [-0.1, -0.05) is 24.6 Å². The Morgan fingerprint density at radius 3 is 3.05 bits per heavy atom. The zero-order chi connectivity index (χ0) is 15.1. The number of rotatable bonds is 8. The van der Waals surface area contributed by atoms with Crippen LogP contribution in [-0.4, -0.2) is 25.4 Å². The van der Waals surface area contributed by atoms with Gasteiger partial charge in [-0.25, -0.2) is 0 Å². The molecule has 4 heteroatoms. The first-order valence-electron chi connectivity index (χ1n) is 7.98. The highest BCUT2D eigenvalue weighted by Gasteiger charge is 2.15. The van der Waals surface area contributed by atoms with Crippen LogP contribution >= 0.6 is 11.6 Å². The molecule has 0 aliphatic carbocycles. The molecule has 1 heterocycles. The Hall–Kier alpha value is -0.770. The molecule has 0 amide bonds. The van der Waals surface area contributed by atoms with Gasteiger partial charge in [0.15, 0.2) is 0 Å². The van der Waals surface area contributed by atoms with Crippen LogP contribution < -0.4 is 10.5 Å². The Morgan fingerprint density at radius 1 is 1.48 bits per heavy atom. The molecule has 0 radical (unpaired) electrons. The average molecular weight is 312 g/mol. The van der Waals surface area contributed by atoms with Gasteiger partial charge in [-0.3, -0.25) is 0 Å². The van der Waals surface area contributed by atoms with Gasteiger partial charge in [-0.15, -0.1) is 0 Å². The Labute approximate surface area is 132 Å². The summed E-state index contributed by atoms with van der Waals surface area (Å²) in [5.41, 5.74) is 7.08. The molecule has 0 bridgehead atoms. The first-order valence-corrected chi connectivity index (χ1v) is 8.36. The van der Waals surface area contributed by atoms with Gasteiger partial charge in [0, 0.05) is 23.2 Å². The molecule has 118 valence electrons. The van der Waals surface area contributed by atoms with Crippen molar-refractivity contribution in [1.29, 1.82) is 0 Å². The van der Waals surface area contributed by atoms with E-state index in [1.807, 2.05) is 18.2 Å². The molecule has 1 aliphatic heterocycles. The summed E-state index contributed by atoms with van der Waals surface area (Å²) in [6.45, 7) is 3.71. The van der Waals surface area contributed by atoms with E-state index >= 15 is 0 Å². The van der Waals surface area contributed by atoms with Crippen molar-refractivity contribution >= 4 is 11.6 Å². The second-order valence-electron chi connectivity index (χ2n) is 5.71. The molecule has 2 unspecified atom stereocenters. The second-order valence-corrected chi connectivity index (χ2v) is 6.12. The smallest absolute Gasteiger partial charge is 0.124 e. The molecule has 2 N–H and O–H groups in total. The summed E-state index contributed by atoms with van der Waals surface area (Å²) in [7, 11) is 0. The lowest BCUT2D eigenvalue weighted by Gasteiger charge is -2.16. The molecule has 0 spiro atoms. The Bertz CT molecular complexity index is 433. The first-order chi connectivity index (χ1) is 10.2. The van der Waals surface area contributed by atoms with Crippen LogP contribution in [0.3, 0.4) is 0 Å². The summed E-state index contributed by atoms with van der Waals surface area (Å²) in [6, 6.07) is 5.94. The van der Waals surface area contributed by atoms with Crippen molar-refractivity contribution in [2.75, 3.05) is 13.2 Å². The number of hydrogen-bond donors (Lipinski definition) is 1. The molecule has 1 aliphatic rings. The predicted molar refractivity (Wildman–Crippen MR) is 87.1 cm³/mol. The molecule has 1 aromatic carbocycles. The van der Waals surface area contributed by atoms with Crippen LogP contribution in [0.4, 0.5) is 0 Å². The van der Waals surface area contributed by atoms with E-state index in [1.54, 1.807) is 0 Å². The fourth-order valence-electron chi connectivity index (χ4n) is 2.64. The summed E-state index contributed by atoms with van der Waals surface area (Å²) >= 11 is 6.29. The summed E-state index contributed by atoms with van der Waals surface area (Å²) < 4.78 is 11.5. The molecule has 2 atom stereocenters. The highest BCUT2D eigenvalue weighted by molar-refractivity contribution is 6.31. The summed E-state index contributed by atoms with van der Waals surface area (Å²) in [5, 5.41) is 0.746. The molecular weight excluding hydrogens is 286 g/mol. The molecule has 0 aromatic heterocycles. The SMILES string of the molecule is CCC(N)Cc1c(Cl)cccc1OCCCC1CCCO1. The van der Waals surface area contributed by atoms with Gasteiger partial charge in [0.25, 0.3) is 0 Å². The number of nitrogens with two attached hydrogens (primary N) is 1. The van der Waals surface area contributed by atoms with Crippen molar-refractivity contribution in [1.82, 2.24) is 0 Å². The summed E-state index contributed by atoms with van der Waals surface area (Å²) in [4.78, 5) is 0. The fraction of sp³-hybridized carbons (Fsp3) is 0.647. The largest absolute Gasteiger partial charge is 0.493 e. The number of halogens is 1. The molecule has 3 nitrogen and oxygen atoms in total. The van der Waals surface area contributed by atoms with E-state index < -0.39 is 0 Å². The van der Waals surface area contributed by atoms with Gasteiger partial charge >= 0.3 is 0 Å². The Balaban J connectivity index is 1.84. The number of hydrogen-bond acceptors (Lipinski definition) is 3. The van der Waals surface area contributed by atoms with E-state index in [9.17, 15) is 0 Å². The van der Waals surface area contributed by atoms with Crippen molar-refractivity contribution in [3.05, 3.63) is 28.8 Å². The lowest BCUT2D eigenvalue weighted by molar-refractivity contribution is 0.0981. The molecule has 0 saturated carbocycles. The predicted octanol–water partition coefficient (Wildman–Crippen LogP) is 3.96. The minimum atomic E-state index is 0.124. The van der Waals surface area contributed by atoms with Gasteiger partial charge < -0.3 is 15.2 Å². The zero-order valence-electron chi connectivity index (χ0n) is 12.8. The molecule has 1 saturated heterocycles. The van der Waals surface area contributed by atoms with Crippen molar-refractivity contribution in [3.63, 3.8) is 0 Å². The third-order valence-electron chi connectivity index (χ3n) is 4.02. The zero-order valence-corrected chi connectivity index (χ0v) is 13.6. The second kappa shape index (κ2) is 8.62. The monoisotopic (exact) mass is 311 g/mol. The van der Waals surface area contributed by atoms with Gasteiger partial charge in [-0.2, -0.15) is 0 Å². The van der Waals surface area contributed by atoms with Crippen LogP contribution in [0.1, 0.15) is 44.6 Å². The average Bonchev–Trinajstić information content (AvgIpc) is 2.99. The van der Waals surface area contributed by atoms with E-state index in [2.05, 4.69) is 6.92 Å². The molecule has 21 heavy (non-hydrogen) atoms. The Morgan fingerprint density at radius 2 is 2.33 bits per heavy atom. The highest BCUT2D eigenvalue weighted by Crippen LogP contribution is 2.28. The minimum absolute atomic E-state index is 0.124. The van der Waals surface area contributed by atoms with Crippen LogP contribution in [0.5, 0.6) is 5.75 Å². The van der Waals surface area contributed by atoms with Gasteiger partial charge in [0.05, 0.1) is 12.7 Å². The van der Waals surface area contributed by atoms with Crippen molar-refractivity contribution in [2.24, 2.45) is 5.73 Å². The number of ether oxygens (including phenoxy) is 2. The normalized spacial score (nSPS) is 19.7. The molecule has 1 aromatic rings. The lowest BCUT2D eigenvalue weighted by Crippen LogP contribution is -2.22. The standard InChI is InChI=1S/C17H26ClNO2/c1-2-13(19)12-15-16(18)8-3-9-17(15)21-11-5-7-14-6-4-10-20-14/h3,8-9,13-14H,2,4-7,10-12,19H2,1H3. The molecule has 1 fully saturated rings. The fourth-order valence-corrected chi connectivity index (χ4v) is 2.89. The van der Waals surface area contributed by atoms with Crippen LogP contribution in [0.25, 0.3) is 0 Å². The van der Waals surface area contributed by atoms with Gasteiger partial charge in [0.2, 0.25) is 0 Å². The third kappa shape index (κ3) is 5.17. The first kappa shape index (κ1) is 16.6. The van der Waals surface area contributed by atoms with Crippen molar-refractivity contribution in [3.8, 4) is 5.75 Å². The highest BCUT2D eigenvalue weighted by atomic mass is 35.5. The Kier molecular flexibility index (Phi) is 6.81. The van der Waals surface area contributed by atoms with Crippen molar-refractivity contribution < 1.29 is 9.47 Å². The minimum Gasteiger partial charge on any atom is -0.493 e. The lowest BCUT2D eigenvalue weighted by atomic mass is 10.0. The molecular formula is C17H26ClNO2. The summed E-state index contributed by atoms with van der Waals surface area (Å²) in [5.74, 6) is 0.874. The van der Waals surface area contributed by atoms with E-state index in [4.69, 9.17) is 26.8 Å². The molecule has 2 rings (SSSR count). The van der Waals surface area contributed by atoms with E-state index in [-0.39, 0.29) is 6.04 Å². The van der Waals surface area contributed by atoms with E-state index in [1.165, 1.54) is 12.8 Å². The maximum atomic E-state index is 6.29. The summed E-state index contributed by atoms with van der Waals surface area (Å²) in [6.07, 6.45) is 6.59. The van der Waals surface area contributed by atoms with Crippen LogP contribution in [0, 0.1) is 0 Å². The van der Waals surface area contributed by atoms with Crippen molar-refractivity contribution in [2.45, 2.75) is 57.6 Å². The van der Waals surface area contributed by atoms with Crippen LogP contribution in [-0.2, 0) is 11.2 Å².